The number of hydrogen-bond donors (Lipinski definition) is 0. The van der Waals surface area contributed by atoms with Gasteiger partial charge in [-0.25, -0.2) is 0 Å². The number of ether oxygens (including phenoxy) is 2. The van der Waals surface area contributed by atoms with Gasteiger partial charge < -0.3 is 18.8 Å². The standard InChI is InChI=1S/C17H21N3O4/c1-10(2)15-18-19-16(24-15)17(21)20-6-5-11-7-13(22-3)14(23-4)8-12(11)9-20/h7-8,10H,5-6,9H2,1-4H3. The average Bonchev–Trinajstić information content (AvgIpc) is 3.09. The van der Waals surface area contributed by atoms with Gasteiger partial charge in [0, 0.05) is 19.0 Å². The van der Waals surface area contributed by atoms with Crippen molar-refractivity contribution in [1.29, 1.82) is 0 Å². The van der Waals surface area contributed by atoms with Gasteiger partial charge in [0.05, 0.1) is 14.2 Å². The Morgan fingerprint density at radius 1 is 1.17 bits per heavy atom. The lowest BCUT2D eigenvalue weighted by Gasteiger charge is -2.28. The van der Waals surface area contributed by atoms with Crippen molar-refractivity contribution in [3.05, 3.63) is 35.0 Å². The summed E-state index contributed by atoms with van der Waals surface area (Å²) in [6.07, 6.45) is 0.743. The van der Waals surface area contributed by atoms with Crippen LogP contribution in [0.25, 0.3) is 0 Å². The zero-order chi connectivity index (χ0) is 17.3. The van der Waals surface area contributed by atoms with E-state index in [4.69, 9.17) is 13.9 Å². The van der Waals surface area contributed by atoms with E-state index in [1.807, 2.05) is 26.0 Å². The van der Waals surface area contributed by atoms with Gasteiger partial charge in [-0.3, -0.25) is 4.79 Å². The number of hydrogen-bond acceptors (Lipinski definition) is 6. The summed E-state index contributed by atoms with van der Waals surface area (Å²) < 4.78 is 16.1. The highest BCUT2D eigenvalue weighted by atomic mass is 16.5. The van der Waals surface area contributed by atoms with E-state index in [1.54, 1.807) is 19.1 Å². The van der Waals surface area contributed by atoms with Crippen molar-refractivity contribution in [2.75, 3.05) is 20.8 Å². The van der Waals surface area contributed by atoms with Crippen molar-refractivity contribution >= 4 is 5.91 Å². The number of carbonyl (C=O) groups excluding carboxylic acids is 1. The van der Waals surface area contributed by atoms with E-state index < -0.39 is 0 Å². The number of carbonyl (C=O) groups is 1. The van der Waals surface area contributed by atoms with Crippen molar-refractivity contribution in [3.8, 4) is 11.5 Å². The molecule has 0 unspecified atom stereocenters. The minimum absolute atomic E-state index is 0.0441. The third-order valence-corrected chi connectivity index (χ3v) is 4.12. The van der Waals surface area contributed by atoms with Crippen LogP contribution in [0.1, 0.15) is 47.5 Å². The van der Waals surface area contributed by atoms with Crippen LogP contribution < -0.4 is 9.47 Å². The third kappa shape index (κ3) is 2.93. The minimum Gasteiger partial charge on any atom is -0.493 e. The van der Waals surface area contributed by atoms with Crippen LogP contribution in [-0.2, 0) is 13.0 Å². The Labute approximate surface area is 140 Å². The minimum atomic E-state index is -0.241. The summed E-state index contributed by atoms with van der Waals surface area (Å²) in [5.41, 5.74) is 2.20. The van der Waals surface area contributed by atoms with Crippen molar-refractivity contribution in [2.45, 2.75) is 32.7 Å². The molecule has 0 aliphatic carbocycles. The topological polar surface area (TPSA) is 77.7 Å². The summed E-state index contributed by atoms with van der Waals surface area (Å²) in [6, 6.07) is 3.89. The van der Waals surface area contributed by atoms with Gasteiger partial charge in [-0.1, -0.05) is 13.8 Å². The molecular formula is C17H21N3O4. The van der Waals surface area contributed by atoms with E-state index in [0.717, 1.165) is 17.5 Å². The van der Waals surface area contributed by atoms with Crippen molar-refractivity contribution in [1.82, 2.24) is 15.1 Å². The first-order chi connectivity index (χ1) is 11.5. The summed E-state index contributed by atoms with van der Waals surface area (Å²) in [4.78, 5) is 14.3. The third-order valence-electron chi connectivity index (χ3n) is 4.12. The quantitative estimate of drug-likeness (QED) is 0.856. The lowest BCUT2D eigenvalue weighted by Crippen LogP contribution is -2.36. The smallest absolute Gasteiger partial charge is 0.311 e. The first-order valence-electron chi connectivity index (χ1n) is 7.90. The van der Waals surface area contributed by atoms with E-state index in [9.17, 15) is 4.79 Å². The van der Waals surface area contributed by atoms with E-state index in [0.29, 0.717) is 30.5 Å². The average molecular weight is 331 g/mol. The lowest BCUT2D eigenvalue weighted by molar-refractivity contribution is 0.0691. The Hall–Kier alpha value is -2.57. The number of aromatic nitrogens is 2. The molecule has 2 aromatic rings. The fourth-order valence-corrected chi connectivity index (χ4v) is 2.75. The van der Waals surface area contributed by atoms with Gasteiger partial charge in [0.15, 0.2) is 11.5 Å². The second-order valence-electron chi connectivity index (χ2n) is 6.05. The van der Waals surface area contributed by atoms with Crippen LogP contribution in [-0.4, -0.2) is 41.8 Å². The monoisotopic (exact) mass is 331 g/mol. The zero-order valence-electron chi connectivity index (χ0n) is 14.3. The molecule has 0 fully saturated rings. The van der Waals surface area contributed by atoms with Crippen molar-refractivity contribution in [3.63, 3.8) is 0 Å². The molecule has 3 rings (SSSR count). The SMILES string of the molecule is COc1cc2c(cc1OC)CN(C(=O)c1nnc(C(C)C)o1)CC2. The largest absolute Gasteiger partial charge is 0.493 e. The maximum Gasteiger partial charge on any atom is 0.311 e. The maximum absolute atomic E-state index is 12.6. The van der Waals surface area contributed by atoms with Crippen LogP contribution in [0.3, 0.4) is 0 Å². The molecular weight excluding hydrogens is 310 g/mol. The highest BCUT2D eigenvalue weighted by molar-refractivity contribution is 5.89. The zero-order valence-corrected chi connectivity index (χ0v) is 14.3. The Morgan fingerprint density at radius 2 is 1.83 bits per heavy atom. The number of amides is 1. The molecule has 7 nitrogen and oxygen atoms in total. The molecule has 1 aliphatic rings. The molecule has 0 N–H and O–H groups in total. The molecule has 0 spiro atoms. The van der Waals surface area contributed by atoms with E-state index >= 15 is 0 Å². The van der Waals surface area contributed by atoms with Gasteiger partial charge in [-0.15, -0.1) is 10.2 Å². The Morgan fingerprint density at radius 3 is 2.42 bits per heavy atom. The molecule has 0 radical (unpaired) electrons. The number of rotatable bonds is 4. The van der Waals surface area contributed by atoms with Crippen LogP contribution in [0.15, 0.2) is 16.5 Å². The summed E-state index contributed by atoms with van der Waals surface area (Å²) in [5.74, 6) is 1.73. The Bertz CT molecular complexity index is 754. The summed E-state index contributed by atoms with van der Waals surface area (Å²) >= 11 is 0. The molecule has 128 valence electrons. The molecule has 24 heavy (non-hydrogen) atoms. The van der Waals surface area contributed by atoms with Gasteiger partial charge in [0.1, 0.15) is 0 Å². The molecule has 7 heteroatoms. The summed E-state index contributed by atoms with van der Waals surface area (Å²) in [6.45, 7) is 4.96. The number of nitrogens with zero attached hydrogens (tertiary/aromatic N) is 3. The molecule has 0 atom stereocenters. The Kier molecular flexibility index (Phi) is 4.42. The van der Waals surface area contributed by atoms with Gasteiger partial charge >= 0.3 is 11.8 Å². The van der Waals surface area contributed by atoms with Crippen molar-refractivity contribution < 1.29 is 18.7 Å². The van der Waals surface area contributed by atoms with Gasteiger partial charge in [-0.2, -0.15) is 0 Å². The normalized spacial score (nSPS) is 13.8. The highest BCUT2D eigenvalue weighted by Crippen LogP contribution is 2.33. The molecule has 1 amide bonds. The van der Waals surface area contributed by atoms with Crippen LogP contribution in [0.2, 0.25) is 0 Å². The molecule has 0 saturated carbocycles. The predicted molar refractivity (Wildman–Crippen MR) is 86.4 cm³/mol. The first kappa shape index (κ1) is 16.3. The number of fused-ring (bicyclic) bond motifs is 1. The second-order valence-corrected chi connectivity index (χ2v) is 6.05. The summed E-state index contributed by atoms with van der Waals surface area (Å²) in [7, 11) is 3.21. The summed E-state index contributed by atoms with van der Waals surface area (Å²) in [5, 5.41) is 7.80. The number of benzene rings is 1. The van der Waals surface area contributed by atoms with Crippen LogP contribution >= 0.6 is 0 Å². The van der Waals surface area contributed by atoms with Crippen molar-refractivity contribution in [2.24, 2.45) is 0 Å². The molecule has 2 heterocycles. The van der Waals surface area contributed by atoms with Crippen LogP contribution in [0.5, 0.6) is 11.5 Å². The van der Waals surface area contributed by atoms with E-state index in [-0.39, 0.29) is 17.7 Å². The first-order valence-corrected chi connectivity index (χ1v) is 7.90. The fourth-order valence-electron chi connectivity index (χ4n) is 2.75. The molecule has 1 aromatic heterocycles. The maximum atomic E-state index is 12.6. The van der Waals surface area contributed by atoms with Gasteiger partial charge in [0.25, 0.3) is 0 Å². The molecule has 0 bridgehead atoms. The van der Waals surface area contributed by atoms with Crippen LogP contribution in [0, 0.1) is 0 Å². The highest BCUT2D eigenvalue weighted by Gasteiger charge is 2.27. The number of methoxy groups -OCH3 is 2. The Balaban J connectivity index is 1.82. The van der Waals surface area contributed by atoms with Gasteiger partial charge in [0.2, 0.25) is 5.89 Å². The van der Waals surface area contributed by atoms with E-state index in [2.05, 4.69) is 10.2 Å². The second kappa shape index (κ2) is 6.51. The molecule has 1 aromatic carbocycles. The molecule has 0 saturated heterocycles. The lowest BCUT2D eigenvalue weighted by atomic mass is 9.98. The predicted octanol–water partition coefficient (Wildman–Crippen LogP) is 2.41. The van der Waals surface area contributed by atoms with Crippen LogP contribution in [0.4, 0.5) is 0 Å². The van der Waals surface area contributed by atoms with E-state index in [1.165, 1.54) is 0 Å². The fraction of sp³-hybridized carbons (Fsp3) is 0.471. The van der Waals surface area contributed by atoms with Gasteiger partial charge in [-0.05, 0) is 29.7 Å². The molecule has 1 aliphatic heterocycles.